The number of piperidine rings is 1. The molecule has 0 saturated carbocycles. The molecule has 1 amide bonds. The van der Waals surface area contributed by atoms with Crippen LogP contribution >= 0.6 is 0 Å². The Kier molecular flexibility index (Phi) is 4.94. The maximum absolute atomic E-state index is 11.9. The van der Waals surface area contributed by atoms with Gasteiger partial charge in [-0.15, -0.1) is 0 Å². The van der Waals surface area contributed by atoms with Gasteiger partial charge in [-0.2, -0.15) is 4.31 Å². The van der Waals surface area contributed by atoms with Crippen molar-refractivity contribution in [2.24, 2.45) is 5.92 Å². The Morgan fingerprint density at radius 1 is 1.41 bits per heavy atom. The lowest BCUT2D eigenvalue weighted by atomic mass is 10.0. The normalized spacial score (nSPS) is 22.7. The highest BCUT2D eigenvalue weighted by Gasteiger charge is 2.34. The molecule has 1 rings (SSSR count). The van der Waals surface area contributed by atoms with Crippen LogP contribution in [-0.4, -0.2) is 44.0 Å². The van der Waals surface area contributed by atoms with E-state index in [1.165, 1.54) is 10.6 Å². The summed E-state index contributed by atoms with van der Waals surface area (Å²) in [6.07, 6.45) is 3.53. The lowest BCUT2D eigenvalue weighted by Gasteiger charge is -2.32. The molecule has 1 heterocycles. The summed E-state index contributed by atoms with van der Waals surface area (Å²) >= 11 is 0. The lowest BCUT2D eigenvalue weighted by molar-refractivity contribution is -0.125. The average Bonchev–Trinajstić information content (AvgIpc) is 2.24. The van der Waals surface area contributed by atoms with Crippen LogP contribution in [0.1, 0.15) is 33.1 Å². The van der Waals surface area contributed by atoms with Crippen LogP contribution in [0.3, 0.4) is 0 Å². The third-order valence-electron chi connectivity index (χ3n) is 2.87. The molecule has 1 atom stereocenters. The van der Waals surface area contributed by atoms with E-state index in [4.69, 9.17) is 0 Å². The predicted molar refractivity (Wildman–Crippen MR) is 67.0 cm³/mol. The highest BCUT2D eigenvalue weighted by molar-refractivity contribution is 7.88. The summed E-state index contributed by atoms with van der Waals surface area (Å²) in [4.78, 5) is 11.9. The monoisotopic (exact) mass is 262 g/mol. The minimum atomic E-state index is -3.29. The van der Waals surface area contributed by atoms with Crippen molar-refractivity contribution in [1.29, 1.82) is 0 Å². The van der Waals surface area contributed by atoms with Crippen molar-refractivity contribution in [3.8, 4) is 0 Å². The Morgan fingerprint density at radius 3 is 2.59 bits per heavy atom. The number of nitrogens with zero attached hydrogens (tertiary/aromatic N) is 1. The van der Waals surface area contributed by atoms with Crippen LogP contribution in [0.15, 0.2) is 0 Å². The second-order valence-corrected chi connectivity index (χ2v) is 6.96. The Bertz CT molecular complexity index is 365. The largest absolute Gasteiger partial charge is 0.354 e. The first-order chi connectivity index (χ1) is 7.82. The van der Waals surface area contributed by atoms with Crippen LogP contribution in [0.2, 0.25) is 0 Å². The van der Waals surface area contributed by atoms with E-state index < -0.39 is 16.1 Å². The second kappa shape index (κ2) is 5.82. The quantitative estimate of drug-likeness (QED) is 0.805. The number of rotatable bonds is 4. The summed E-state index contributed by atoms with van der Waals surface area (Å²) < 4.78 is 24.5. The molecule has 6 heteroatoms. The molecule has 1 aliphatic heterocycles. The molecule has 1 N–H and O–H groups in total. The van der Waals surface area contributed by atoms with Gasteiger partial charge in [0.15, 0.2) is 0 Å². The van der Waals surface area contributed by atoms with E-state index in [-0.39, 0.29) is 5.91 Å². The molecule has 0 spiro atoms. The highest BCUT2D eigenvalue weighted by atomic mass is 32.2. The van der Waals surface area contributed by atoms with E-state index in [1.54, 1.807) is 0 Å². The summed E-state index contributed by atoms with van der Waals surface area (Å²) in [7, 11) is -3.29. The van der Waals surface area contributed by atoms with Gasteiger partial charge in [-0.05, 0) is 18.8 Å². The van der Waals surface area contributed by atoms with Crippen molar-refractivity contribution in [3.05, 3.63) is 0 Å². The minimum absolute atomic E-state index is 0.163. The van der Waals surface area contributed by atoms with E-state index in [0.29, 0.717) is 25.4 Å². The van der Waals surface area contributed by atoms with Gasteiger partial charge in [0.1, 0.15) is 6.04 Å². The van der Waals surface area contributed by atoms with Crippen LogP contribution in [-0.2, 0) is 14.8 Å². The number of carbonyl (C=O) groups is 1. The zero-order valence-corrected chi connectivity index (χ0v) is 11.6. The molecule has 0 aromatic rings. The Balaban J connectivity index is 2.68. The molecule has 1 fully saturated rings. The first-order valence-electron chi connectivity index (χ1n) is 6.07. The van der Waals surface area contributed by atoms with E-state index in [1.807, 2.05) is 13.8 Å². The number of nitrogens with one attached hydrogen (secondary N) is 1. The molecule has 100 valence electrons. The molecule has 1 aliphatic rings. The standard InChI is InChI=1S/C11H22N2O3S/c1-9(2)8-12-11(14)10-6-4-5-7-13(10)17(3,15)16/h9-10H,4-8H2,1-3H3,(H,12,14). The van der Waals surface area contributed by atoms with Gasteiger partial charge in [0, 0.05) is 13.1 Å². The summed E-state index contributed by atoms with van der Waals surface area (Å²) in [5, 5.41) is 2.81. The number of hydrogen-bond donors (Lipinski definition) is 1. The molecule has 1 unspecified atom stereocenters. The van der Waals surface area contributed by atoms with E-state index in [9.17, 15) is 13.2 Å². The summed E-state index contributed by atoms with van der Waals surface area (Å²) in [5.74, 6) is 0.207. The molecular weight excluding hydrogens is 240 g/mol. The maximum atomic E-state index is 11.9. The predicted octanol–water partition coefficient (Wildman–Crippen LogP) is 0.573. The molecule has 0 aliphatic carbocycles. The van der Waals surface area contributed by atoms with Gasteiger partial charge in [0.25, 0.3) is 0 Å². The molecule has 0 radical (unpaired) electrons. The molecular formula is C11H22N2O3S. The molecule has 17 heavy (non-hydrogen) atoms. The average molecular weight is 262 g/mol. The van der Waals surface area contributed by atoms with Crippen molar-refractivity contribution in [3.63, 3.8) is 0 Å². The SMILES string of the molecule is CC(C)CNC(=O)C1CCCCN1S(C)(=O)=O. The van der Waals surface area contributed by atoms with Crippen molar-refractivity contribution in [2.45, 2.75) is 39.2 Å². The van der Waals surface area contributed by atoms with Crippen molar-refractivity contribution in [1.82, 2.24) is 9.62 Å². The zero-order chi connectivity index (χ0) is 13.1. The van der Waals surface area contributed by atoms with Crippen molar-refractivity contribution in [2.75, 3.05) is 19.3 Å². The van der Waals surface area contributed by atoms with E-state index in [0.717, 1.165) is 12.8 Å². The molecule has 1 saturated heterocycles. The summed E-state index contributed by atoms with van der Waals surface area (Å²) in [6.45, 7) is 5.07. The first kappa shape index (κ1) is 14.4. The summed E-state index contributed by atoms with van der Waals surface area (Å²) in [6, 6.07) is -0.516. The lowest BCUT2D eigenvalue weighted by Crippen LogP contribution is -2.51. The van der Waals surface area contributed by atoms with Gasteiger partial charge in [-0.25, -0.2) is 8.42 Å². The van der Waals surface area contributed by atoms with Crippen LogP contribution in [0.25, 0.3) is 0 Å². The zero-order valence-electron chi connectivity index (χ0n) is 10.8. The fourth-order valence-electron chi connectivity index (χ4n) is 1.99. The first-order valence-corrected chi connectivity index (χ1v) is 7.91. The Morgan fingerprint density at radius 2 is 2.06 bits per heavy atom. The Hall–Kier alpha value is -0.620. The van der Waals surface area contributed by atoms with Crippen molar-refractivity contribution >= 4 is 15.9 Å². The second-order valence-electron chi connectivity index (χ2n) is 5.02. The van der Waals surface area contributed by atoms with Crippen LogP contribution < -0.4 is 5.32 Å². The van der Waals surface area contributed by atoms with Gasteiger partial charge in [-0.1, -0.05) is 20.3 Å². The molecule has 0 bridgehead atoms. The minimum Gasteiger partial charge on any atom is -0.354 e. The van der Waals surface area contributed by atoms with E-state index >= 15 is 0 Å². The Labute approximate surface area is 104 Å². The van der Waals surface area contributed by atoms with Crippen LogP contribution in [0.5, 0.6) is 0 Å². The van der Waals surface area contributed by atoms with Gasteiger partial charge >= 0.3 is 0 Å². The topological polar surface area (TPSA) is 66.5 Å². The van der Waals surface area contributed by atoms with Gasteiger partial charge in [0.2, 0.25) is 15.9 Å². The van der Waals surface area contributed by atoms with Gasteiger partial charge < -0.3 is 5.32 Å². The molecule has 0 aromatic heterocycles. The van der Waals surface area contributed by atoms with E-state index in [2.05, 4.69) is 5.32 Å². The molecule has 0 aromatic carbocycles. The smallest absolute Gasteiger partial charge is 0.238 e. The fourth-order valence-corrected chi connectivity index (χ4v) is 3.11. The highest BCUT2D eigenvalue weighted by Crippen LogP contribution is 2.19. The molecule has 5 nitrogen and oxygen atoms in total. The summed E-state index contributed by atoms with van der Waals surface area (Å²) in [5.41, 5.74) is 0. The fraction of sp³-hybridized carbons (Fsp3) is 0.909. The number of sulfonamides is 1. The van der Waals surface area contributed by atoms with Crippen LogP contribution in [0.4, 0.5) is 0 Å². The third kappa shape index (κ3) is 4.27. The van der Waals surface area contributed by atoms with Crippen molar-refractivity contribution < 1.29 is 13.2 Å². The number of carbonyl (C=O) groups excluding carboxylic acids is 1. The van der Waals surface area contributed by atoms with Crippen LogP contribution in [0, 0.1) is 5.92 Å². The maximum Gasteiger partial charge on any atom is 0.238 e. The third-order valence-corrected chi connectivity index (χ3v) is 4.16. The number of hydrogen-bond acceptors (Lipinski definition) is 3. The number of amides is 1. The van der Waals surface area contributed by atoms with Gasteiger partial charge in [0.05, 0.1) is 6.26 Å². The van der Waals surface area contributed by atoms with Gasteiger partial charge in [-0.3, -0.25) is 4.79 Å².